The Morgan fingerprint density at radius 1 is 0.739 bits per heavy atom. The van der Waals surface area contributed by atoms with Crippen LogP contribution in [0.15, 0.2) is 18.2 Å². The molecule has 0 saturated heterocycles. The molecule has 0 amide bonds. The third kappa shape index (κ3) is 11.0. The molecule has 0 aromatic heterocycles. The molecular formula is C21H35IO. The highest BCUT2D eigenvalue weighted by Gasteiger charge is 2.01. The van der Waals surface area contributed by atoms with Crippen LogP contribution in [0.4, 0.5) is 0 Å². The molecule has 0 fully saturated rings. The molecule has 23 heavy (non-hydrogen) atoms. The molecule has 1 aromatic rings. The van der Waals surface area contributed by atoms with Crippen molar-refractivity contribution >= 4 is 22.6 Å². The Morgan fingerprint density at radius 2 is 1.22 bits per heavy atom. The van der Waals surface area contributed by atoms with E-state index >= 15 is 0 Å². The zero-order valence-corrected chi connectivity index (χ0v) is 17.1. The van der Waals surface area contributed by atoms with Gasteiger partial charge >= 0.3 is 0 Å². The van der Waals surface area contributed by atoms with Gasteiger partial charge in [0.25, 0.3) is 0 Å². The highest BCUT2D eigenvalue weighted by atomic mass is 127. The molecule has 2 heteroatoms. The van der Waals surface area contributed by atoms with Crippen LogP contribution in [0.1, 0.15) is 96.0 Å². The van der Waals surface area contributed by atoms with E-state index in [0.29, 0.717) is 5.75 Å². The molecule has 1 nitrogen and oxygen atoms in total. The van der Waals surface area contributed by atoms with E-state index in [1.165, 1.54) is 92.6 Å². The molecule has 0 atom stereocenters. The zero-order chi connectivity index (χ0) is 16.8. The van der Waals surface area contributed by atoms with Gasteiger partial charge in [0.15, 0.2) is 0 Å². The fourth-order valence-electron chi connectivity index (χ4n) is 3.09. The first-order valence-corrected chi connectivity index (χ1v) is 10.8. The summed E-state index contributed by atoms with van der Waals surface area (Å²) >= 11 is 2.36. The normalized spacial score (nSPS) is 11.0. The molecule has 0 unspecified atom stereocenters. The summed E-state index contributed by atoms with van der Waals surface area (Å²) in [4.78, 5) is 0. The third-order valence-electron chi connectivity index (χ3n) is 4.58. The average molecular weight is 430 g/mol. The first-order chi connectivity index (χ1) is 11.2. The van der Waals surface area contributed by atoms with Crippen molar-refractivity contribution in [2.45, 2.75) is 96.8 Å². The molecule has 132 valence electrons. The number of aromatic hydroxyl groups is 1. The fourth-order valence-corrected chi connectivity index (χ4v) is 3.69. The van der Waals surface area contributed by atoms with Gasteiger partial charge in [-0.3, -0.25) is 0 Å². The molecule has 1 aromatic carbocycles. The predicted molar refractivity (Wildman–Crippen MR) is 110 cm³/mol. The van der Waals surface area contributed by atoms with E-state index in [9.17, 15) is 5.11 Å². The van der Waals surface area contributed by atoms with Gasteiger partial charge < -0.3 is 5.11 Å². The van der Waals surface area contributed by atoms with Gasteiger partial charge in [-0.05, 0) is 59.2 Å². The Morgan fingerprint density at radius 3 is 1.74 bits per heavy atom. The number of aryl methyl sites for hydroxylation is 1. The van der Waals surface area contributed by atoms with Crippen LogP contribution in [0.25, 0.3) is 0 Å². The molecule has 1 rings (SSSR count). The molecule has 0 heterocycles. The lowest BCUT2D eigenvalue weighted by atomic mass is 10.0. The number of unbranched alkanes of at least 4 members (excludes halogenated alkanes) is 12. The van der Waals surface area contributed by atoms with Crippen molar-refractivity contribution in [1.29, 1.82) is 0 Å². The molecule has 0 bridgehead atoms. The monoisotopic (exact) mass is 430 g/mol. The summed E-state index contributed by atoms with van der Waals surface area (Å²) in [6, 6.07) is 5.70. The van der Waals surface area contributed by atoms with Crippen molar-refractivity contribution in [3.63, 3.8) is 0 Å². The lowest BCUT2D eigenvalue weighted by Crippen LogP contribution is -1.90. The summed E-state index contributed by atoms with van der Waals surface area (Å²) in [5.74, 6) is 0.398. The quantitative estimate of drug-likeness (QED) is 0.238. The van der Waals surface area contributed by atoms with Gasteiger partial charge in [-0.15, -0.1) is 0 Å². The molecule has 0 spiro atoms. The summed E-state index contributed by atoms with van der Waals surface area (Å²) in [6.45, 7) is 2.28. The highest BCUT2D eigenvalue weighted by molar-refractivity contribution is 14.1. The van der Waals surface area contributed by atoms with Gasteiger partial charge in [0.1, 0.15) is 5.75 Å². The van der Waals surface area contributed by atoms with Gasteiger partial charge in [0.2, 0.25) is 0 Å². The van der Waals surface area contributed by atoms with E-state index in [4.69, 9.17) is 0 Å². The fraction of sp³-hybridized carbons (Fsp3) is 0.714. The summed E-state index contributed by atoms with van der Waals surface area (Å²) in [5, 5.41) is 9.54. The number of hydrogen-bond donors (Lipinski definition) is 1. The second-order valence-corrected chi connectivity index (χ2v) is 7.93. The number of phenols is 1. The van der Waals surface area contributed by atoms with E-state index in [1.54, 1.807) is 6.07 Å². The van der Waals surface area contributed by atoms with E-state index in [1.807, 2.05) is 12.1 Å². The summed E-state index contributed by atoms with van der Waals surface area (Å²) in [6.07, 6.45) is 19.3. The topological polar surface area (TPSA) is 20.2 Å². The number of benzene rings is 1. The van der Waals surface area contributed by atoms with Crippen molar-refractivity contribution in [1.82, 2.24) is 0 Å². The van der Waals surface area contributed by atoms with Crippen molar-refractivity contribution in [2.24, 2.45) is 0 Å². The molecule has 1 N–H and O–H groups in total. The SMILES string of the molecule is CCCCCCCCCCCCCCCc1cc(O)ccc1I. The Hall–Kier alpha value is -0.250. The minimum absolute atomic E-state index is 0.398. The van der Waals surface area contributed by atoms with Crippen LogP contribution in [-0.2, 0) is 6.42 Å². The Bertz CT molecular complexity index is 403. The van der Waals surface area contributed by atoms with Crippen LogP contribution >= 0.6 is 22.6 Å². The first kappa shape index (κ1) is 20.8. The van der Waals surface area contributed by atoms with Crippen LogP contribution in [0.2, 0.25) is 0 Å². The van der Waals surface area contributed by atoms with Crippen LogP contribution in [0.5, 0.6) is 5.75 Å². The number of rotatable bonds is 14. The molecular weight excluding hydrogens is 395 g/mol. The van der Waals surface area contributed by atoms with E-state index in [2.05, 4.69) is 29.5 Å². The van der Waals surface area contributed by atoms with Crippen molar-refractivity contribution < 1.29 is 5.11 Å². The lowest BCUT2D eigenvalue weighted by Gasteiger charge is -2.06. The van der Waals surface area contributed by atoms with Crippen LogP contribution in [0.3, 0.4) is 0 Å². The van der Waals surface area contributed by atoms with Crippen molar-refractivity contribution in [3.8, 4) is 5.75 Å². The average Bonchev–Trinajstić information content (AvgIpc) is 2.55. The molecule has 0 aliphatic carbocycles. The second-order valence-electron chi connectivity index (χ2n) is 6.77. The van der Waals surface area contributed by atoms with Crippen LogP contribution in [-0.4, -0.2) is 5.11 Å². The maximum absolute atomic E-state index is 9.54. The molecule has 0 saturated carbocycles. The Balaban J connectivity index is 1.87. The maximum Gasteiger partial charge on any atom is 0.115 e. The minimum Gasteiger partial charge on any atom is -0.508 e. The van der Waals surface area contributed by atoms with Crippen LogP contribution in [0, 0.1) is 3.57 Å². The third-order valence-corrected chi connectivity index (χ3v) is 5.63. The zero-order valence-electron chi connectivity index (χ0n) is 15.0. The predicted octanol–water partition coefficient (Wildman–Crippen LogP) is 7.63. The highest BCUT2D eigenvalue weighted by Crippen LogP contribution is 2.21. The first-order valence-electron chi connectivity index (χ1n) is 9.71. The van der Waals surface area contributed by atoms with E-state index in [0.717, 1.165) is 6.42 Å². The van der Waals surface area contributed by atoms with Gasteiger partial charge in [0.05, 0.1) is 0 Å². The number of hydrogen-bond acceptors (Lipinski definition) is 1. The van der Waals surface area contributed by atoms with Gasteiger partial charge in [0, 0.05) is 3.57 Å². The van der Waals surface area contributed by atoms with Gasteiger partial charge in [-0.1, -0.05) is 84.0 Å². The maximum atomic E-state index is 9.54. The van der Waals surface area contributed by atoms with E-state index < -0.39 is 0 Å². The smallest absolute Gasteiger partial charge is 0.115 e. The van der Waals surface area contributed by atoms with Crippen LogP contribution < -0.4 is 0 Å². The number of phenolic OH excluding ortho intramolecular Hbond substituents is 1. The molecule has 0 aliphatic rings. The van der Waals surface area contributed by atoms with Crippen molar-refractivity contribution in [3.05, 3.63) is 27.3 Å². The largest absolute Gasteiger partial charge is 0.508 e. The Labute approximate surface area is 157 Å². The van der Waals surface area contributed by atoms with Crippen molar-refractivity contribution in [2.75, 3.05) is 0 Å². The second kappa shape index (κ2) is 14.1. The lowest BCUT2D eigenvalue weighted by molar-refractivity contribution is 0.474. The number of halogens is 1. The standard InChI is InChI=1S/C21H35IO/c1-2-3-4-5-6-7-8-9-10-11-12-13-14-15-19-18-20(23)16-17-21(19)22/h16-18,23H,2-15H2,1H3. The Kier molecular flexibility index (Phi) is 12.8. The summed E-state index contributed by atoms with van der Waals surface area (Å²) in [5.41, 5.74) is 1.30. The molecule has 0 radical (unpaired) electrons. The molecule has 0 aliphatic heterocycles. The summed E-state index contributed by atoms with van der Waals surface area (Å²) < 4.78 is 1.28. The van der Waals surface area contributed by atoms with Gasteiger partial charge in [-0.25, -0.2) is 0 Å². The minimum atomic E-state index is 0.398. The summed E-state index contributed by atoms with van der Waals surface area (Å²) in [7, 11) is 0. The van der Waals surface area contributed by atoms with Gasteiger partial charge in [-0.2, -0.15) is 0 Å². The van der Waals surface area contributed by atoms with E-state index in [-0.39, 0.29) is 0 Å².